The monoisotopic (exact) mass is 188 g/mol. The van der Waals surface area contributed by atoms with Crippen molar-refractivity contribution in [3.05, 3.63) is 0 Å². The van der Waals surface area contributed by atoms with Crippen molar-refractivity contribution >= 4 is 0 Å². The van der Waals surface area contributed by atoms with Gasteiger partial charge in [-0.1, -0.05) is 20.3 Å². The van der Waals surface area contributed by atoms with Crippen molar-refractivity contribution in [2.45, 2.75) is 58.2 Å². The van der Waals surface area contributed by atoms with Crippen molar-refractivity contribution in [2.75, 3.05) is 6.54 Å². The highest BCUT2D eigenvalue weighted by molar-refractivity contribution is 4.59. The van der Waals surface area contributed by atoms with E-state index in [-0.39, 0.29) is 12.3 Å². The Bertz CT molecular complexity index is 109. The molecule has 0 rings (SSSR count). The van der Waals surface area contributed by atoms with Crippen molar-refractivity contribution in [3.63, 3.8) is 0 Å². The molecule has 0 bridgehead atoms. The second-order valence-electron chi connectivity index (χ2n) is 3.55. The molecule has 3 nitrogen and oxygen atoms in total. The van der Waals surface area contributed by atoms with Crippen LogP contribution in [0.25, 0.3) is 0 Å². The molecule has 80 valence electrons. The Morgan fingerprint density at radius 3 is 2.54 bits per heavy atom. The average Bonchev–Trinajstić information content (AvgIpc) is 2.12. The molecule has 0 aromatic rings. The van der Waals surface area contributed by atoms with Gasteiger partial charge in [-0.3, -0.25) is 0 Å². The summed E-state index contributed by atoms with van der Waals surface area (Å²) in [5, 5.41) is 12.6. The molecule has 0 radical (unpaired) electrons. The van der Waals surface area contributed by atoms with E-state index in [1.807, 2.05) is 0 Å². The van der Waals surface area contributed by atoms with E-state index in [0.29, 0.717) is 0 Å². The Balaban J connectivity index is 3.15. The maximum atomic E-state index is 9.41. The molecule has 0 saturated heterocycles. The van der Waals surface area contributed by atoms with Crippen molar-refractivity contribution in [1.29, 1.82) is 0 Å². The molecular formula is C10H24N2O. The van der Waals surface area contributed by atoms with Gasteiger partial charge in [-0.05, 0) is 32.2 Å². The van der Waals surface area contributed by atoms with Crippen LogP contribution in [0.1, 0.15) is 46.0 Å². The van der Waals surface area contributed by atoms with Crippen LogP contribution in [-0.4, -0.2) is 23.9 Å². The molecule has 0 saturated carbocycles. The molecule has 0 heterocycles. The Morgan fingerprint density at radius 1 is 1.31 bits per heavy atom. The van der Waals surface area contributed by atoms with Crippen LogP contribution in [-0.2, 0) is 0 Å². The SMILES string of the molecule is CCCC(O)CCCNC(N)CC. The van der Waals surface area contributed by atoms with E-state index in [0.717, 1.165) is 38.6 Å². The first-order chi connectivity index (χ1) is 6.20. The summed E-state index contributed by atoms with van der Waals surface area (Å²) in [4.78, 5) is 0. The van der Waals surface area contributed by atoms with Gasteiger partial charge in [-0.2, -0.15) is 0 Å². The zero-order chi connectivity index (χ0) is 10.1. The van der Waals surface area contributed by atoms with Crippen LogP contribution in [0, 0.1) is 0 Å². The molecule has 0 aliphatic rings. The Kier molecular flexibility index (Phi) is 8.40. The van der Waals surface area contributed by atoms with Gasteiger partial charge in [0.05, 0.1) is 12.3 Å². The maximum absolute atomic E-state index is 9.41. The smallest absolute Gasteiger partial charge is 0.0543 e. The van der Waals surface area contributed by atoms with E-state index in [9.17, 15) is 5.11 Å². The topological polar surface area (TPSA) is 58.3 Å². The largest absolute Gasteiger partial charge is 0.393 e. The molecule has 0 fully saturated rings. The first-order valence-electron chi connectivity index (χ1n) is 5.37. The lowest BCUT2D eigenvalue weighted by atomic mass is 10.1. The summed E-state index contributed by atoms with van der Waals surface area (Å²) in [6.07, 6.45) is 4.82. The van der Waals surface area contributed by atoms with E-state index in [2.05, 4.69) is 19.2 Å². The van der Waals surface area contributed by atoms with E-state index in [1.165, 1.54) is 0 Å². The van der Waals surface area contributed by atoms with Gasteiger partial charge >= 0.3 is 0 Å². The van der Waals surface area contributed by atoms with Crippen LogP contribution in [0.2, 0.25) is 0 Å². The second-order valence-corrected chi connectivity index (χ2v) is 3.55. The Hall–Kier alpha value is -0.120. The third kappa shape index (κ3) is 8.22. The van der Waals surface area contributed by atoms with E-state index in [1.54, 1.807) is 0 Å². The van der Waals surface area contributed by atoms with Crippen molar-refractivity contribution in [1.82, 2.24) is 5.32 Å². The van der Waals surface area contributed by atoms with Crippen LogP contribution in [0.4, 0.5) is 0 Å². The number of hydrogen-bond donors (Lipinski definition) is 3. The van der Waals surface area contributed by atoms with E-state index < -0.39 is 0 Å². The minimum Gasteiger partial charge on any atom is -0.393 e. The van der Waals surface area contributed by atoms with E-state index >= 15 is 0 Å². The number of aliphatic hydroxyl groups is 1. The molecule has 0 aliphatic carbocycles. The highest BCUT2D eigenvalue weighted by Gasteiger charge is 2.02. The summed E-state index contributed by atoms with van der Waals surface area (Å²) in [6, 6.07) is 0. The lowest BCUT2D eigenvalue weighted by molar-refractivity contribution is 0.150. The van der Waals surface area contributed by atoms with Gasteiger partial charge in [0.1, 0.15) is 0 Å². The van der Waals surface area contributed by atoms with Gasteiger partial charge in [0, 0.05) is 0 Å². The molecule has 3 heteroatoms. The van der Waals surface area contributed by atoms with Crippen LogP contribution in [0.3, 0.4) is 0 Å². The third-order valence-corrected chi connectivity index (χ3v) is 2.18. The molecule has 0 aromatic carbocycles. The summed E-state index contributed by atoms with van der Waals surface area (Å²) in [5.74, 6) is 0. The molecule has 13 heavy (non-hydrogen) atoms. The maximum Gasteiger partial charge on any atom is 0.0543 e. The van der Waals surface area contributed by atoms with Gasteiger partial charge in [-0.25, -0.2) is 0 Å². The van der Waals surface area contributed by atoms with Crippen LogP contribution in [0.5, 0.6) is 0 Å². The third-order valence-electron chi connectivity index (χ3n) is 2.18. The van der Waals surface area contributed by atoms with Crippen LogP contribution >= 0.6 is 0 Å². The van der Waals surface area contributed by atoms with Gasteiger partial charge in [0.15, 0.2) is 0 Å². The lowest BCUT2D eigenvalue weighted by Gasteiger charge is -2.12. The quantitative estimate of drug-likeness (QED) is 0.396. The lowest BCUT2D eigenvalue weighted by Crippen LogP contribution is -2.37. The van der Waals surface area contributed by atoms with E-state index in [4.69, 9.17) is 5.73 Å². The second kappa shape index (κ2) is 8.48. The van der Waals surface area contributed by atoms with Gasteiger partial charge in [0.25, 0.3) is 0 Å². The number of nitrogens with two attached hydrogens (primary N) is 1. The fraction of sp³-hybridized carbons (Fsp3) is 1.00. The highest BCUT2D eigenvalue weighted by atomic mass is 16.3. The zero-order valence-corrected chi connectivity index (χ0v) is 8.92. The predicted molar refractivity (Wildman–Crippen MR) is 56.4 cm³/mol. The van der Waals surface area contributed by atoms with Gasteiger partial charge in [-0.15, -0.1) is 0 Å². The summed E-state index contributed by atoms with van der Waals surface area (Å²) in [6.45, 7) is 5.06. The molecule has 0 aromatic heterocycles. The van der Waals surface area contributed by atoms with Gasteiger partial charge < -0.3 is 16.2 Å². The number of rotatable bonds is 8. The molecule has 2 unspecified atom stereocenters. The minimum atomic E-state index is -0.121. The van der Waals surface area contributed by atoms with Crippen molar-refractivity contribution in [3.8, 4) is 0 Å². The normalized spacial score (nSPS) is 15.7. The fourth-order valence-electron chi connectivity index (χ4n) is 1.25. The predicted octanol–water partition coefficient (Wildman–Crippen LogP) is 1.21. The minimum absolute atomic E-state index is 0.114. The zero-order valence-electron chi connectivity index (χ0n) is 8.92. The van der Waals surface area contributed by atoms with Crippen molar-refractivity contribution in [2.24, 2.45) is 5.73 Å². The molecule has 2 atom stereocenters. The molecular weight excluding hydrogens is 164 g/mol. The Morgan fingerprint density at radius 2 is 2.00 bits per heavy atom. The number of hydrogen-bond acceptors (Lipinski definition) is 3. The van der Waals surface area contributed by atoms with Crippen LogP contribution < -0.4 is 11.1 Å². The summed E-state index contributed by atoms with van der Waals surface area (Å²) < 4.78 is 0. The van der Waals surface area contributed by atoms with Crippen LogP contribution in [0.15, 0.2) is 0 Å². The summed E-state index contributed by atoms with van der Waals surface area (Å²) in [5.41, 5.74) is 5.67. The number of aliphatic hydroxyl groups excluding tert-OH is 1. The average molecular weight is 188 g/mol. The first-order valence-corrected chi connectivity index (χ1v) is 5.37. The standard InChI is InChI=1S/C10H24N2O/c1-3-6-9(13)7-5-8-12-10(11)4-2/h9-10,12-13H,3-8,11H2,1-2H3. The highest BCUT2D eigenvalue weighted by Crippen LogP contribution is 2.03. The fourth-order valence-corrected chi connectivity index (χ4v) is 1.25. The molecule has 4 N–H and O–H groups in total. The van der Waals surface area contributed by atoms with Crippen molar-refractivity contribution < 1.29 is 5.11 Å². The Labute approximate surface area is 81.7 Å². The molecule has 0 spiro atoms. The number of nitrogens with one attached hydrogen (secondary N) is 1. The van der Waals surface area contributed by atoms with Gasteiger partial charge in [0.2, 0.25) is 0 Å². The molecule has 0 amide bonds. The summed E-state index contributed by atoms with van der Waals surface area (Å²) in [7, 11) is 0. The first kappa shape index (κ1) is 12.9. The molecule has 0 aliphatic heterocycles. The summed E-state index contributed by atoms with van der Waals surface area (Å²) >= 11 is 0.